The summed E-state index contributed by atoms with van der Waals surface area (Å²) in [6.07, 6.45) is 0.683. The first kappa shape index (κ1) is 32.4. The van der Waals surface area contributed by atoms with E-state index < -0.39 is 11.8 Å². The molecule has 0 bridgehead atoms. The second-order valence-corrected chi connectivity index (χ2v) is 12.3. The number of hydrazine groups is 1. The summed E-state index contributed by atoms with van der Waals surface area (Å²) in [5.74, 6) is -0.825. The van der Waals surface area contributed by atoms with Crippen LogP contribution in [0.2, 0.25) is 0 Å². The molecule has 44 heavy (non-hydrogen) atoms. The Balaban J connectivity index is 1.27. The Hall–Kier alpha value is -4.54. The van der Waals surface area contributed by atoms with E-state index in [1.165, 1.54) is 0 Å². The highest BCUT2D eigenvalue weighted by molar-refractivity contribution is 9.10. The van der Waals surface area contributed by atoms with Gasteiger partial charge >= 0.3 is 0 Å². The number of thiocarbonyl (C=S) groups is 1. The van der Waals surface area contributed by atoms with Crippen LogP contribution in [0.3, 0.4) is 0 Å². The van der Waals surface area contributed by atoms with E-state index in [0.717, 1.165) is 11.1 Å². The molecule has 4 aromatic carbocycles. The molecule has 4 N–H and O–H groups in total. The van der Waals surface area contributed by atoms with Crippen molar-refractivity contribution >= 4 is 56.7 Å². The molecule has 4 rings (SSSR count). The summed E-state index contributed by atoms with van der Waals surface area (Å²) in [6, 6.07) is 28.9. The lowest BCUT2D eigenvalue weighted by molar-refractivity contribution is 0.0933. The van der Waals surface area contributed by atoms with Gasteiger partial charge in [-0.3, -0.25) is 30.6 Å². The molecule has 0 spiro atoms. The van der Waals surface area contributed by atoms with Crippen LogP contribution in [0.1, 0.15) is 63.0 Å². The molecule has 0 fully saturated rings. The SMILES string of the molecule is CC(C)(C)c1ccc(C(=O)Nc2ccc(C(=O)NNC(=S)NC(=O)c3cc(Br)ccc3OCCc3ccccc3)cc2)cc1. The Morgan fingerprint density at radius 1 is 0.773 bits per heavy atom. The number of benzene rings is 4. The van der Waals surface area contributed by atoms with E-state index in [1.54, 1.807) is 54.6 Å². The number of ether oxygens (including phenoxy) is 1. The van der Waals surface area contributed by atoms with Crippen molar-refractivity contribution in [3.05, 3.63) is 129 Å². The fraction of sp³-hybridized carbons (Fsp3) is 0.176. The Kier molecular flexibility index (Phi) is 10.9. The molecule has 0 aliphatic heterocycles. The van der Waals surface area contributed by atoms with E-state index in [1.807, 2.05) is 42.5 Å². The summed E-state index contributed by atoms with van der Waals surface area (Å²) >= 11 is 8.60. The van der Waals surface area contributed by atoms with Crippen LogP contribution in [-0.4, -0.2) is 29.4 Å². The number of hydrogen-bond donors (Lipinski definition) is 4. The Labute approximate surface area is 270 Å². The number of halogens is 1. The minimum absolute atomic E-state index is 0.00385. The van der Waals surface area contributed by atoms with Crippen LogP contribution in [0.4, 0.5) is 5.69 Å². The van der Waals surface area contributed by atoms with Gasteiger partial charge in [0.15, 0.2) is 5.11 Å². The molecule has 0 heterocycles. The van der Waals surface area contributed by atoms with Gasteiger partial charge in [-0.25, -0.2) is 0 Å². The molecule has 0 unspecified atom stereocenters. The van der Waals surface area contributed by atoms with Crippen molar-refractivity contribution in [1.82, 2.24) is 16.2 Å². The van der Waals surface area contributed by atoms with Crippen LogP contribution in [-0.2, 0) is 11.8 Å². The van der Waals surface area contributed by atoms with Crippen LogP contribution < -0.4 is 26.2 Å². The van der Waals surface area contributed by atoms with Crippen LogP contribution in [0, 0.1) is 0 Å². The van der Waals surface area contributed by atoms with Gasteiger partial charge in [0.1, 0.15) is 5.75 Å². The van der Waals surface area contributed by atoms with Crippen molar-refractivity contribution in [2.45, 2.75) is 32.6 Å². The van der Waals surface area contributed by atoms with E-state index >= 15 is 0 Å². The van der Waals surface area contributed by atoms with Gasteiger partial charge < -0.3 is 10.1 Å². The van der Waals surface area contributed by atoms with Crippen molar-refractivity contribution in [2.24, 2.45) is 0 Å². The van der Waals surface area contributed by atoms with Crippen molar-refractivity contribution in [3.8, 4) is 5.75 Å². The van der Waals surface area contributed by atoms with Crippen molar-refractivity contribution in [2.75, 3.05) is 11.9 Å². The predicted molar refractivity (Wildman–Crippen MR) is 180 cm³/mol. The molecule has 3 amide bonds. The lowest BCUT2D eigenvalue weighted by atomic mass is 9.87. The van der Waals surface area contributed by atoms with Gasteiger partial charge in [0.05, 0.1) is 12.2 Å². The average Bonchev–Trinajstić information content (AvgIpc) is 3.01. The molecule has 0 atom stereocenters. The highest BCUT2D eigenvalue weighted by Gasteiger charge is 2.17. The smallest absolute Gasteiger partial charge is 0.269 e. The van der Waals surface area contributed by atoms with Crippen LogP contribution in [0.25, 0.3) is 0 Å². The van der Waals surface area contributed by atoms with Crippen molar-refractivity contribution in [3.63, 3.8) is 0 Å². The molecule has 0 saturated carbocycles. The molecule has 0 saturated heterocycles. The number of rotatable bonds is 8. The largest absolute Gasteiger partial charge is 0.492 e. The summed E-state index contributed by atoms with van der Waals surface area (Å²) in [7, 11) is 0. The van der Waals surface area contributed by atoms with E-state index in [9.17, 15) is 14.4 Å². The average molecular weight is 674 g/mol. The maximum Gasteiger partial charge on any atom is 0.269 e. The third-order valence-electron chi connectivity index (χ3n) is 6.61. The molecule has 0 radical (unpaired) electrons. The third kappa shape index (κ3) is 9.23. The zero-order valence-electron chi connectivity index (χ0n) is 24.6. The second kappa shape index (κ2) is 14.8. The monoisotopic (exact) mass is 672 g/mol. The quantitative estimate of drug-likeness (QED) is 0.125. The summed E-state index contributed by atoms with van der Waals surface area (Å²) < 4.78 is 6.59. The first-order chi connectivity index (χ1) is 21.0. The van der Waals surface area contributed by atoms with Gasteiger partial charge in [-0.2, -0.15) is 0 Å². The summed E-state index contributed by atoms with van der Waals surface area (Å²) in [4.78, 5) is 38.3. The van der Waals surface area contributed by atoms with Gasteiger partial charge in [0.2, 0.25) is 0 Å². The molecule has 226 valence electrons. The van der Waals surface area contributed by atoms with Crippen LogP contribution in [0.5, 0.6) is 5.75 Å². The van der Waals surface area contributed by atoms with Crippen LogP contribution >= 0.6 is 28.1 Å². The van der Waals surface area contributed by atoms with Gasteiger partial charge in [0.25, 0.3) is 17.7 Å². The fourth-order valence-corrected chi connectivity index (χ4v) is 4.65. The van der Waals surface area contributed by atoms with Gasteiger partial charge in [-0.1, -0.05) is 79.2 Å². The lowest BCUT2D eigenvalue weighted by Gasteiger charge is -2.19. The van der Waals surface area contributed by atoms with E-state index in [-0.39, 0.29) is 22.0 Å². The number of carbonyl (C=O) groups excluding carboxylic acids is 3. The van der Waals surface area contributed by atoms with E-state index in [0.29, 0.717) is 40.1 Å². The maximum atomic E-state index is 13.0. The van der Waals surface area contributed by atoms with Gasteiger partial charge in [-0.15, -0.1) is 0 Å². The number of hydrogen-bond acceptors (Lipinski definition) is 5. The number of carbonyl (C=O) groups is 3. The predicted octanol–water partition coefficient (Wildman–Crippen LogP) is 6.57. The third-order valence-corrected chi connectivity index (χ3v) is 7.31. The van der Waals surface area contributed by atoms with E-state index in [4.69, 9.17) is 17.0 Å². The minimum Gasteiger partial charge on any atom is -0.492 e. The Bertz CT molecular complexity index is 1640. The Morgan fingerprint density at radius 3 is 2.07 bits per heavy atom. The molecule has 0 aliphatic rings. The second-order valence-electron chi connectivity index (χ2n) is 10.9. The molecular formula is C34H33BrN4O4S. The van der Waals surface area contributed by atoms with Crippen molar-refractivity contribution in [1.29, 1.82) is 0 Å². The minimum atomic E-state index is -0.499. The number of amides is 3. The molecule has 8 nitrogen and oxygen atoms in total. The van der Waals surface area contributed by atoms with Gasteiger partial charge in [-0.05, 0) is 83.4 Å². The molecule has 4 aromatic rings. The highest BCUT2D eigenvalue weighted by atomic mass is 79.9. The lowest BCUT2D eigenvalue weighted by Crippen LogP contribution is -2.48. The highest BCUT2D eigenvalue weighted by Crippen LogP contribution is 2.24. The standard InChI is InChI=1S/C34H33BrN4O4S/c1-34(2,3)25-13-9-23(10-14-25)30(40)36-27-16-11-24(12-17-27)31(41)38-39-33(44)37-32(42)28-21-26(35)15-18-29(28)43-20-19-22-7-5-4-6-8-22/h4-18,21H,19-20H2,1-3H3,(H,36,40)(H,38,41)(H2,37,39,42,44). The fourth-order valence-electron chi connectivity index (χ4n) is 4.15. The molecule has 0 aromatic heterocycles. The molecule has 10 heteroatoms. The van der Waals surface area contributed by atoms with Crippen LogP contribution in [0.15, 0.2) is 102 Å². The Morgan fingerprint density at radius 2 is 1.41 bits per heavy atom. The number of nitrogens with one attached hydrogen (secondary N) is 4. The van der Waals surface area contributed by atoms with E-state index in [2.05, 4.69) is 58.2 Å². The first-order valence-electron chi connectivity index (χ1n) is 13.9. The normalized spacial score (nSPS) is 10.8. The first-order valence-corrected chi connectivity index (χ1v) is 15.1. The zero-order valence-corrected chi connectivity index (χ0v) is 27.0. The number of anilines is 1. The molecular weight excluding hydrogens is 640 g/mol. The topological polar surface area (TPSA) is 109 Å². The molecule has 0 aliphatic carbocycles. The summed E-state index contributed by atoms with van der Waals surface area (Å²) in [6.45, 7) is 6.73. The van der Waals surface area contributed by atoms with Gasteiger partial charge in [0, 0.05) is 27.7 Å². The van der Waals surface area contributed by atoms with Crippen molar-refractivity contribution < 1.29 is 19.1 Å². The maximum absolute atomic E-state index is 13.0. The summed E-state index contributed by atoms with van der Waals surface area (Å²) in [5, 5.41) is 5.29. The zero-order chi connectivity index (χ0) is 31.7. The summed E-state index contributed by atoms with van der Waals surface area (Å²) in [5.41, 5.74) is 8.94.